The standard InChI is InChI=1S/C20H30N4O/c1-2-3-11-23-13-20(10-8-18(23)25)9-5-12-24(14-20)19-16-6-4-7-17(16)21-15-22-19/h15H,2-14H2,1H3/t20-/m1/s1. The van der Waals surface area contributed by atoms with Gasteiger partial charge in [0.1, 0.15) is 12.1 Å². The zero-order valence-electron chi connectivity index (χ0n) is 15.5. The Bertz CT molecular complexity index is 647. The number of piperidine rings is 2. The van der Waals surface area contributed by atoms with Crippen LogP contribution in [0.4, 0.5) is 5.82 Å². The van der Waals surface area contributed by atoms with E-state index >= 15 is 0 Å². The summed E-state index contributed by atoms with van der Waals surface area (Å²) in [6, 6.07) is 0. The Labute approximate surface area is 150 Å². The molecule has 1 aromatic heterocycles. The van der Waals surface area contributed by atoms with Crippen LogP contribution in [0, 0.1) is 5.41 Å². The van der Waals surface area contributed by atoms with E-state index in [0.29, 0.717) is 5.91 Å². The summed E-state index contributed by atoms with van der Waals surface area (Å²) >= 11 is 0. The first kappa shape index (κ1) is 16.8. The van der Waals surface area contributed by atoms with E-state index in [4.69, 9.17) is 0 Å². The van der Waals surface area contributed by atoms with Crippen molar-refractivity contribution in [2.24, 2.45) is 5.41 Å². The molecule has 0 unspecified atom stereocenters. The molecule has 0 radical (unpaired) electrons. The molecule has 3 aliphatic rings. The average molecular weight is 342 g/mol. The third-order valence-electron chi connectivity index (χ3n) is 6.34. The molecule has 2 saturated heterocycles. The van der Waals surface area contributed by atoms with Crippen molar-refractivity contribution in [3.63, 3.8) is 0 Å². The molecule has 0 aromatic carbocycles. The second-order valence-electron chi connectivity index (χ2n) is 8.17. The van der Waals surface area contributed by atoms with E-state index in [1.807, 2.05) is 0 Å². The minimum absolute atomic E-state index is 0.260. The average Bonchev–Trinajstić information content (AvgIpc) is 3.11. The molecule has 5 heteroatoms. The van der Waals surface area contributed by atoms with E-state index in [1.165, 1.54) is 36.3 Å². The molecular formula is C20H30N4O. The fourth-order valence-electron chi connectivity index (χ4n) is 4.99. The van der Waals surface area contributed by atoms with E-state index in [-0.39, 0.29) is 5.41 Å². The van der Waals surface area contributed by atoms with Crippen molar-refractivity contribution in [1.29, 1.82) is 0 Å². The maximum Gasteiger partial charge on any atom is 0.222 e. The molecule has 1 aromatic rings. The fourth-order valence-corrected chi connectivity index (χ4v) is 4.99. The van der Waals surface area contributed by atoms with Crippen molar-refractivity contribution in [3.05, 3.63) is 17.6 Å². The van der Waals surface area contributed by atoms with Crippen molar-refractivity contribution >= 4 is 11.7 Å². The number of likely N-dealkylation sites (tertiary alicyclic amines) is 1. The van der Waals surface area contributed by atoms with E-state index in [0.717, 1.165) is 64.7 Å². The number of hydrogen-bond donors (Lipinski definition) is 0. The Kier molecular flexibility index (Phi) is 4.65. The maximum atomic E-state index is 12.3. The number of hydrogen-bond acceptors (Lipinski definition) is 4. The number of fused-ring (bicyclic) bond motifs is 1. The minimum Gasteiger partial charge on any atom is -0.356 e. The molecule has 0 bridgehead atoms. The van der Waals surface area contributed by atoms with Gasteiger partial charge in [0, 0.05) is 49.3 Å². The molecule has 136 valence electrons. The number of aromatic nitrogens is 2. The second-order valence-corrected chi connectivity index (χ2v) is 8.17. The van der Waals surface area contributed by atoms with E-state index < -0.39 is 0 Å². The van der Waals surface area contributed by atoms with Gasteiger partial charge >= 0.3 is 0 Å². The Hall–Kier alpha value is -1.65. The number of anilines is 1. The molecule has 1 spiro atoms. The van der Waals surface area contributed by atoms with Crippen LogP contribution < -0.4 is 4.90 Å². The van der Waals surface area contributed by atoms with Crippen LogP contribution in [0.3, 0.4) is 0 Å². The highest BCUT2D eigenvalue weighted by Gasteiger charge is 2.42. The van der Waals surface area contributed by atoms with Gasteiger partial charge in [0.15, 0.2) is 0 Å². The molecule has 4 rings (SSSR count). The van der Waals surface area contributed by atoms with Gasteiger partial charge in [-0.05, 0) is 44.9 Å². The predicted molar refractivity (Wildman–Crippen MR) is 98.7 cm³/mol. The van der Waals surface area contributed by atoms with Gasteiger partial charge in [-0.15, -0.1) is 0 Å². The first-order valence-electron chi connectivity index (χ1n) is 10.1. The molecule has 1 amide bonds. The topological polar surface area (TPSA) is 49.3 Å². The van der Waals surface area contributed by atoms with Gasteiger partial charge in [0.25, 0.3) is 0 Å². The molecule has 25 heavy (non-hydrogen) atoms. The van der Waals surface area contributed by atoms with E-state index in [1.54, 1.807) is 6.33 Å². The van der Waals surface area contributed by atoms with Gasteiger partial charge in [-0.3, -0.25) is 4.79 Å². The molecule has 2 fully saturated rings. The highest BCUT2D eigenvalue weighted by molar-refractivity contribution is 5.77. The summed E-state index contributed by atoms with van der Waals surface area (Å²) in [6.07, 6.45) is 11.6. The second kappa shape index (κ2) is 6.93. The number of amides is 1. The van der Waals surface area contributed by atoms with Crippen LogP contribution in [0.25, 0.3) is 0 Å². The lowest BCUT2D eigenvalue weighted by atomic mass is 9.73. The minimum atomic E-state index is 0.260. The summed E-state index contributed by atoms with van der Waals surface area (Å²) in [4.78, 5) is 26.1. The lowest BCUT2D eigenvalue weighted by molar-refractivity contribution is -0.138. The summed E-state index contributed by atoms with van der Waals surface area (Å²) in [5.41, 5.74) is 2.90. The smallest absolute Gasteiger partial charge is 0.222 e. The third kappa shape index (κ3) is 3.25. The van der Waals surface area contributed by atoms with Crippen molar-refractivity contribution in [2.75, 3.05) is 31.1 Å². The summed E-state index contributed by atoms with van der Waals surface area (Å²) in [5, 5.41) is 0. The van der Waals surface area contributed by atoms with Crippen LogP contribution in [0.2, 0.25) is 0 Å². The van der Waals surface area contributed by atoms with Crippen LogP contribution in [0.15, 0.2) is 6.33 Å². The summed E-state index contributed by atoms with van der Waals surface area (Å²) in [7, 11) is 0. The monoisotopic (exact) mass is 342 g/mol. The van der Waals surface area contributed by atoms with Crippen molar-refractivity contribution in [3.8, 4) is 0 Å². The summed E-state index contributed by atoms with van der Waals surface area (Å²) < 4.78 is 0. The summed E-state index contributed by atoms with van der Waals surface area (Å²) in [5.74, 6) is 1.54. The highest BCUT2D eigenvalue weighted by atomic mass is 16.2. The highest BCUT2D eigenvalue weighted by Crippen LogP contribution is 2.41. The molecule has 2 aliphatic heterocycles. The Morgan fingerprint density at radius 1 is 1.12 bits per heavy atom. The van der Waals surface area contributed by atoms with Crippen molar-refractivity contribution < 1.29 is 4.79 Å². The van der Waals surface area contributed by atoms with Gasteiger partial charge < -0.3 is 9.80 Å². The van der Waals surface area contributed by atoms with Crippen LogP contribution in [-0.4, -0.2) is 47.0 Å². The van der Waals surface area contributed by atoms with E-state index in [2.05, 4.69) is 26.7 Å². The summed E-state index contributed by atoms with van der Waals surface area (Å²) in [6.45, 7) is 6.21. The van der Waals surface area contributed by atoms with Gasteiger partial charge in [0.05, 0.1) is 0 Å². The zero-order chi connectivity index (χ0) is 17.3. The van der Waals surface area contributed by atoms with Crippen molar-refractivity contribution in [2.45, 2.75) is 64.7 Å². The molecular weight excluding hydrogens is 312 g/mol. The molecule has 5 nitrogen and oxygen atoms in total. The van der Waals surface area contributed by atoms with Crippen LogP contribution >= 0.6 is 0 Å². The molecule has 0 saturated carbocycles. The number of carbonyl (C=O) groups is 1. The first-order chi connectivity index (χ1) is 12.2. The fraction of sp³-hybridized carbons (Fsp3) is 0.750. The number of nitrogens with zero attached hydrogens (tertiary/aromatic N) is 4. The number of carbonyl (C=O) groups excluding carboxylic acids is 1. The zero-order valence-corrected chi connectivity index (χ0v) is 15.5. The van der Waals surface area contributed by atoms with E-state index in [9.17, 15) is 4.79 Å². The van der Waals surface area contributed by atoms with Gasteiger partial charge in [0.2, 0.25) is 5.91 Å². The number of unbranched alkanes of at least 4 members (excludes halogenated alkanes) is 1. The quantitative estimate of drug-likeness (QED) is 0.844. The van der Waals surface area contributed by atoms with Gasteiger partial charge in [-0.2, -0.15) is 0 Å². The third-order valence-corrected chi connectivity index (χ3v) is 6.34. The SMILES string of the molecule is CCCCN1C[C@@]2(CCCN(c3ncnc4c3CCC4)C2)CCC1=O. The van der Waals surface area contributed by atoms with Gasteiger partial charge in [-0.1, -0.05) is 13.3 Å². The largest absolute Gasteiger partial charge is 0.356 e. The van der Waals surface area contributed by atoms with Crippen molar-refractivity contribution in [1.82, 2.24) is 14.9 Å². The first-order valence-corrected chi connectivity index (χ1v) is 10.1. The maximum absolute atomic E-state index is 12.3. The Balaban J connectivity index is 1.53. The Morgan fingerprint density at radius 2 is 2.04 bits per heavy atom. The van der Waals surface area contributed by atoms with Gasteiger partial charge in [-0.25, -0.2) is 9.97 Å². The molecule has 1 atom stereocenters. The van der Waals surface area contributed by atoms with Crippen LogP contribution in [0.5, 0.6) is 0 Å². The lowest BCUT2D eigenvalue weighted by Gasteiger charge is -2.48. The van der Waals surface area contributed by atoms with Crippen LogP contribution in [0.1, 0.15) is 63.1 Å². The van der Waals surface area contributed by atoms with Crippen LogP contribution in [-0.2, 0) is 17.6 Å². The normalized spacial score (nSPS) is 26.4. The molecule has 0 N–H and O–H groups in total. The number of aryl methyl sites for hydroxylation is 1. The molecule has 1 aliphatic carbocycles. The predicted octanol–water partition coefficient (Wildman–Crippen LogP) is 2.97. The number of rotatable bonds is 4. The Morgan fingerprint density at radius 3 is 2.92 bits per heavy atom. The lowest BCUT2D eigenvalue weighted by Crippen LogP contribution is -2.54. The molecule has 3 heterocycles.